The van der Waals surface area contributed by atoms with Crippen LogP contribution >= 0.6 is 0 Å². The molecule has 1 heterocycles. The highest BCUT2D eigenvalue weighted by molar-refractivity contribution is 4.90. The fraction of sp³-hybridized carbons (Fsp3) is 0.800. The smallest absolute Gasteiger partial charge is 0.252 e. The molecule has 6 heteroatoms. The van der Waals surface area contributed by atoms with Crippen molar-refractivity contribution in [2.75, 3.05) is 20.3 Å². The molecule has 1 aliphatic rings. The predicted octanol–water partition coefficient (Wildman–Crippen LogP) is 0.173. The lowest BCUT2D eigenvalue weighted by molar-refractivity contribution is 0.151. The molecule has 1 saturated carbocycles. The van der Waals surface area contributed by atoms with Gasteiger partial charge in [-0.2, -0.15) is 4.98 Å². The van der Waals surface area contributed by atoms with Gasteiger partial charge in [0.05, 0.1) is 13.2 Å². The highest BCUT2D eigenvalue weighted by Gasteiger charge is 2.29. The summed E-state index contributed by atoms with van der Waals surface area (Å²) in [6.07, 6.45) is 2.39. The average Bonchev–Trinajstić information content (AvgIpc) is 3.02. The van der Waals surface area contributed by atoms with Crippen LogP contribution in [0.2, 0.25) is 0 Å². The van der Waals surface area contributed by atoms with E-state index in [0.29, 0.717) is 37.5 Å². The van der Waals surface area contributed by atoms with Crippen molar-refractivity contribution in [3.05, 3.63) is 11.7 Å². The summed E-state index contributed by atoms with van der Waals surface area (Å²) >= 11 is 0. The molecule has 1 aliphatic carbocycles. The van der Waals surface area contributed by atoms with Gasteiger partial charge in [-0.3, -0.25) is 4.90 Å². The molecule has 0 atom stereocenters. The topological polar surface area (TPSA) is 71.6 Å². The van der Waals surface area contributed by atoms with E-state index in [1.165, 1.54) is 12.8 Å². The first-order chi connectivity index (χ1) is 7.83. The largest absolute Gasteiger partial charge is 0.395 e. The number of nitrogens with zero attached hydrogens (tertiary/aromatic N) is 3. The fourth-order valence-corrected chi connectivity index (χ4v) is 1.68. The standard InChI is InChI=1S/C10H17N3O3/c1-15-7-10-11-9(12-16-10)6-13(4-5-14)8-2-3-8/h8,14H,2-7H2,1H3. The van der Waals surface area contributed by atoms with Crippen molar-refractivity contribution >= 4 is 0 Å². The maximum Gasteiger partial charge on any atom is 0.252 e. The molecular weight excluding hydrogens is 210 g/mol. The molecule has 0 unspecified atom stereocenters. The molecule has 0 aromatic carbocycles. The Bertz CT molecular complexity index is 325. The second kappa shape index (κ2) is 5.38. The predicted molar refractivity (Wildman–Crippen MR) is 55.5 cm³/mol. The van der Waals surface area contributed by atoms with Gasteiger partial charge in [0, 0.05) is 19.7 Å². The minimum Gasteiger partial charge on any atom is -0.395 e. The lowest BCUT2D eigenvalue weighted by Crippen LogP contribution is -2.29. The summed E-state index contributed by atoms with van der Waals surface area (Å²) in [6, 6.07) is 0.580. The zero-order chi connectivity index (χ0) is 11.4. The molecule has 1 aromatic heterocycles. The average molecular weight is 227 g/mol. The first-order valence-electron chi connectivity index (χ1n) is 5.48. The Kier molecular flexibility index (Phi) is 3.87. The van der Waals surface area contributed by atoms with Gasteiger partial charge in [0.2, 0.25) is 0 Å². The normalized spacial score (nSPS) is 15.9. The summed E-state index contributed by atoms with van der Waals surface area (Å²) in [5, 5.41) is 12.8. The zero-order valence-electron chi connectivity index (χ0n) is 9.43. The van der Waals surface area contributed by atoms with Crippen molar-refractivity contribution in [3.8, 4) is 0 Å². The molecule has 0 radical (unpaired) electrons. The lowest BCUT2D eigenvalue weighted by Gasteiger charge is -2.18. The number of hydrogen-bond donors (Lipinski definition) is 1. The van der Waals surface area contributed by atoms with Crippen molar-refractivity contribution in [1.82, 2.24) is 15.0 Å². The van der Waals surface area contributed by atoms with Crippen molar-refractivity contribution < 1.29 is 14.4 Å². The SMILES string of the molecule is COCc1nc(CN(CCO)C2CC2)no1. The minimum absolute atomic E-state index is 0.166. The third-order valence-electron chi connectivity index (χ3n) is 2.57. The highest BCUT2D eigenvalue weighted by Crippen LogP contribution is 2.27. The molecule has 16 heavy (non-hydrogen) atoms. The van der Waals surface area contributed by atoms with E-state index < -0.39 is 0 Å². The van der Waals surface area contributed by atoms with Gasteiger partial charge in [-0.1, -0.05) is 5.16 Å². The molecular formula is C10H17N3O3. The Morgan fingerprint density at radius 3 is 3.00 bits per heavy atom. The number of rotatable bonds is 7. The van der Waals surface area contributed by atoms with Gasteiger partial charge >= 0.3 is 0 Å². The number of methoxy groups -OCH3 is 1. The minimum atomic E-state index is 0.166. The summed E-state index contributed by atoms with van der Waals surface area (Å²) in [6.45, 7) is 1.81. The molecule has 0 amide bonds. The van der Waals surface area contributed by atoms with E-state index in [1.807, 2.05) is 0 Å². The number of aromatic nitrogens is 2. The van der Waals surface area contributed by atoms with Crippen LogP contribution in [0.5, 0.6) is 0 Å². The molecule has 6 nitrogen and oxygen atoms in total. The van der Waals surface area contributed by atoms with E-state index in [-0.39, 0.29) is 6.61 Å². The van der Waals surface area contributed by atoms with Gasteiger partial charge in [-0.15, -0.1) is 0 Å². The summed E-state index contributed by atoms with van der Waals surface area (Å²) in [4.78, 5) is 6.39. The number of ether oxygens (including phenoxy) is 1. The van der Waals surface area contributed by atoms with Crippen molar-refractivity contribution in [3.63, 3.8) is 0 Å². The van der Waals surface area contributed by atoms with Crippen LogP contribution in [0.25, 0.3) is 0 Å². The van der Waals surface area contributed by atoms with Gasteiger partial charge < -0.3 is 14.4 Å². The first kappa shape index (κ1) is 11.5. The van der Waals surface area contributed by atoms with Crippen LogP contribution in [0.4, 0.5) is 0 Å². The summed E-state index contributed by atoms with van der Waals surface area (Å²) < 4.78 is 9.91. The maximum atomic E-state index is 8.95. The Morgan fingerprint density at radius 1 is 1.56 bits per heavy atom. The van der Waals surface area contributed by atoms with Crippen LogP contribution in [0.1, 0.15) is 24.6 Å². The van der Waals surface area contributed by atoms with Crippen molar-refractivity contribution in [2.45, 2.75) is 32.0 Å². The molecule has 0 bridgehead atoms. The van der Waals surface area contributed by atoms with Crippen LogP contribution in [-0.2, 0) is 17.9 Å². The van der Waals surface area contributed by atoms with Crippen molar-refractivity contribution in [1.29, 1.82) is 0 Å². The molecule has 1 fully saturated rings. The van der Waals surface area contributed by atoms with Gasteiger partial charge in [-0.25, -0.2) is 0 Å². The lowest BCUT2D eigenvalue weighted by atomic mass is 10.4. The van der Waals surface area contributed by atoms with E-state index in [2.05, 4.69) is 15.0 Å². The summed E-state index contributed by atoms with van der Waals surface area (Å²) in [5.41, 5.74) is 0. The fourth-order valence-electron chi connectivity index (χ4n) is 1.68. The van der Waals surface area contributed by atoms with E-state index >= 15 is 0 Å². The molecule has 0 saturated heterocycles. The molecule has 0 aliphatic heterocycles. The molecule has 2 rings (SSSR count). The number of aliphatic hydroxyl groups is 1. The van der Waals surface area contributed by atoms with Gasteiger partial charge in [0.1, 0.15) is 6.61 Å². The molecule has 90 valence electrons. The second-order valence-electron chi connectivity index (χ2n) is 3.96. The van der Waals surface area contributed by atoms with Gasteiger partial charge in [0.15, 0.2) is 5.82 Å². The molecule has 1 aromatic rings. The van der Waals surface area contributed by atoms with Gasteiger partial charge in [-0.05, 0) is 12.8 Å². The number of hydrogen-bond acceptors (Lipinski definition) is 6. The Hall–Kier alpha value is -0.980. The van der Waals surface area contributed by atoms with E-state index in [0.717, 1.165) is 0 Å². The third-order valence-corrected chi connectivity index (χ3v) is 2.57. The monoisotopic (exact) mass is 227 g/mol. The highest BCUT2D eigenvalue weighted by atomic mass is 16.5. The maximum absolute atomic E-state index is 8.95. The van der Waals surface area contributed by atoms with Crippen molar-refractivity contribution in [2.24, 2.45) is 0 Å². The van der Waals surface area contributed by atoms with Crippen LogP contribution in [0.15, 0.2) is 4.52 Å². The molecule has 1 N–H and O–H groups in total. The van der Waals surface area contributed by atoms with E-state index in [9.17, 15) is 0 Å². The third kappa shape index (κ3) is 3.01. The van der Waals surface area contributed by atoms with Gasteiger partial charge in [0.25, 0.3) is 5.89 Å². The second-order valence-corrected chi connectivity index (χ2v) is 3.96. The Balaban J connectivity index is 1.89. The molecule has 0 spiro atoms. The Labute approximate surface area is 94.2 Å². The van der Waals surface area contributed by atoms with E-state index in [4.69, 9.17) is 14.4 Å². The van der Waals surface area contributed by atoms with E-state index in [1.54, 1.807) is 7.11 Å². The Morgan fingerprint density at radius 2 is 2.38 bits per heavy atom. The summed E-state index contributed by atoms with van der Waals surface area (Å²) in [5.74, 6) is 1.16. The van der Waals surface area contributed by atoms with Crippen LogP contribution < -0.4 is 0 Å². The first-order valence-corrected chi connectivity index (χ1v) is 5.48. The van der Waals surface area contributed by atoms with Crippen LogP contribution in [0, 0.1) is 0 Å². The zero-order valence-corrected chi connectivity index (χ0v) is 9.43. The summed E-state index contributed by atoms with van der Waals surface area (Å²) in [7, 11) is 1.59. The van der Waals surface area contributed by atoms with Crippen LogP contribution in [-0.4, -0.2) is 46.5 Å². The van der Waals surface area contributed by atoms with Crippen LogP contribution in [0.3, 0.4) is 0 Å². The number of aliphatic hydroxyl groups excluding tert-OH is 1. The quantitative estimate of drug-likeness (QED) is 0.716.